The van der Waals surface area contributed by atoms with Crippen LogP contribution in [0.1, 0.15) is 24.8 Å². The third kappa shape index (κ3) is 2.86. The molecule has 3 rings (SSSR count). The van der Waals surface area contributed by atoms with E-state index < -0.39 is 5.97 Å². The molecule has 2 heterocycles. The number of rotatable bonds is 4. The van der Waals surface area contributed by atoms with E-state index in [4.69, 9.17) is 5.11 Å². The first-order valence-corrected chi connectivity index (χ1v) is 7.49. The largest absolute Gasteiger partial charge is 0.481 e. The van der Waals surface area contributed by atoms with E-state index >= 15 is 0 Å². The molecule has 2 aliphatic rings. The molecule has 1 saturated heterocycles. The van der Waals surface area contributed by atoms with Crippen LogP contribution in [0.5, 0.6) is 0 Å². The van der Waals surface area contributed by atoms with Crippen molar-refractivity contribution in [3.05, 3.63) is 29.8 Å². The van der Waals surface area contributed by atoms with Crippen LogP contribution in [0.2, 0.25) is 0 Å². The van der Waals surface area contributed by atoms with Crippen molar-refractivity contribution in [2.24, 2.45) is 0 Å². The Balaban J connectivity index is 1.66. The molecule has 5 heteroatoms. The maximum absolute atomic E-state index is 12.5. The molecule has 0 saturated carbocycles. The number of amides is 1. The molecule has 5 nitrogen and oxygen atoms in total. The molecule has 0 aromatic heterocycles. The van der Waals surface area contributed by atoms with Gasteiger partial charge in [0, 0.05) is 24.8 Å². The number of anilines is 1. The van der Waals surface area contributed by atoms with Crippen LogP contribution in [0.15, 0.2) is 24.3 Å². The summed E-state index contributed by atoms with van der Waals surface area (Å²) in [6.45, 7) is 1.90. The summed E-state index contributed by atoms with van der Waals surface area (Å²) in [7, 11) is 0. The van der Waals surface area contributed by atoms with Crippen LogP contribution in [0, 0.1) is 0 Å². The molecule has 1 fully saturated rings. The number of para-hydroxylation sites is 1. The van der Waals surface area contributed by atoms with E-state index in [0.29, 0.717) is 13.1 Å². The van der Waals surface area contributed by atoms with Crippen molar-refractivity contribution in [3.63, 3.8) is 0 Å². The standard InChI is InChI=1S/C16H20N2O3/c19-15(18-8-3-5-13(18)10-16(20)21)11-17-9-7-12-4-1-2-6-14(12)17/h1-2,4,6,13H,3,5,7-11H2,(H,20,21). The van der Waals surface area contributed by atoms with Crippen molar-refractivity contribution in [3.8, 4) is 0 Å². The van der Waals surface area contributed by atoms with Gasteiger partial charge in [-0.15, -0.1) is 0 Å². The van der Waals surface area contributed by atoms with Crippen molar-refractivity contribution < 1.29 is 14.7 Å². The first kappa shape index (κ1) is 13.9. The number of hydrogen-bond acceptors (Lipinski definition) is 3. The number of carbonyl (C=O) groups is 2. The van der Waals surface area contributed by atoms with Gasteiger partial charge >= 0.3 is 5.97 Å². The number of benzene rings is 1. The lowest BCUT2D eigenvalue weighted by Crippen LogP contribution is -2.43. The van der Waals surface area contributed by atoms with Gasteiger partial charge in [0.15, 0.2) is 0 Å². The van der Waals surface area contributed by atoms with Crippen molar-refractivity contribution in [2.45, 2.75) is 31.7 Å². The van der Waals surface area contributed by atoms with E-state index in [1.807, 2.05) is 18.2 Å². The Morgan fingerprint density at radius 3 is 2.86 bits per heavy atom. The first-order chi connectivity index (χ1) is 10.1. The topological polar surface area (TPSA) is 60.9 Å². The first-order valence-electron chi connectivity index (χ1n) is 7.49. The van der Waals surface area contributed by atoms with E-state index in [0.717, 1.165) is 31.5 Å². The number of nitrogens with zero attached hydrogens (tertiary/aromatic N) is 2. The van der Waals surface area contributed by atoms with Gasteiger partial charge in [0.25, 0.3) is 0 Å². The van der Waals surface area contributed by atoms with Gasteiger partial charge in [0.2, 0.25) is 5.91 Å². The summed E-state index contributed by atoms with van der Waals surface area (Å²) in [5.74, 6) is -0.776. The lowest BCUT2D eigenvalue weighted by atomic mass is 10.1. The fraction of sp³-hybridized carbons (Fsp3) is 0.500. The summed E-state index contributed by atoms with van der Waals surface area (Å²) < 4.78 is 0. The number of aliphatic carboxylic acids is 1. The highest BCUT2D eigenvalue weighted by molar-refractivity contribution is 5.83. The third-order valence-electron chi connectivity index (χ3n) is 4.42. The van der Waals surface area contributed by atoms with Gasteiger partial charge in [-0.2, -0.15) is 0 Å². The van der Waals surface area contributed by atoms with Gasteiger partial charge in [-0.3, -0.25) is 9.59 Å². The fourth-order valence-electron chi connectivity index (χ4n) is 3.40. The molecule has 0 aliphatic carbocycles. The van der Waals surface area contributed by atoms with E-state index in [1.165, 1.54) is 5.56 Å². The molecule has 1 amide bonds. The number of hydrogen-bond donors (Lipinski definition) is 1. The normalized spacial score (nSPS) is 20.7. The van der Waals surface area contributed by atoms with Gasteiger partial charge in [-0.1, -0.05) is 18.2 Å². The highest BCUT2D eigenvalue weighted by Gasteiger charge is 2.32. The maximum atomic E-state index is 12.5. The maximum Gasteiger partial charge on any atom is 0.305 e. The molecule has 0 bridgehead atoms. The average molecular weight is 288 g/mol. The molecule has 112 valence electrons. The minimum Gasteiger partial charge on any atom is -0.481 e. The van der Waals surface area contributed by atoms with Crippen LogP contribution >= 0.6 is 0 Å². The summed E-state index contributed by atoms with van der Waals surface area (Å²) in [5, 5.41) is 8.94. The Kier molecular flexibility index (Phi) is 3.82. The Labute approximate surface area is 124 Å². The SMILES string of the molecule is O=C(O)CC1CCCN1C(=O)CN1CCc2ccccc21. The van der Waals surface area contributed by atoms with Crippen LogP contribution in [0.4, 0.5) is 5.69 Å². The second-order valence-electron chi connectivity index (χ2n) is 5.78. The van der Waals surface area contributed by atoms with Crippen molar-refractivity contribution in [1.29, 1.82) is 0 Å². The predicted octanol–water partition coefficient (Wildman–Crippen LogP) is 1.51. The predicted molar refractivity (Wildman–Crippen MR) is 79.3 cm³/mol. The molecule has 0 radical (unpaired) electrons. The van der Waals surface area contributed by atoms with E-state index in [2.05, 4.69) is 11.0 Å². The molecule has 1 aromatic rings. The van der Waals surface area contributed by atoms with Crippen LogP contribution < -0.4 is 4.90 Å². The van der Waals surface area contributed by atoms with Gasteiger partial charge in [0.05, 0.1) is 13.0 Å². The third-order valence-corrected chi connectivity index (χ3v) is 4.42. The minimum atomic E-state index is -0.828. The Bertz CT molecular complexity index is 558. The average Bonchev–Trinajstić information content (AvgIpc) is 3.06. The lowest BCUT2D eigenvalue weighted by Gasteiger charge is -2.27. The van der Waals surface area contributed by atoms with Gasteiger partial charge in [-0.05, 0) is 30.9 Å². The molecule has 1 atom stereocenters. The van der Waals surface area contributed by atoms with Crippen LogP contribution in [-0.2, 0) is 16.0 Å². The monoisotopic (exact) mass is 288 g/mol. The molecule has 0 spiro atoms. The Morgan fingerprint density at radius 2 is 2.05 bits per heavy atom. The Morgan fingerprint density at radius 1 is 1.24 bits per heavy atom. The summed E-state index contributed by atoms with van der Waals surface area (Å²) in [6.07, 6.45) is 2.74. The van der Waals surface area contributed by atoms with Gasteiger partial charge < -0.3 is 14.9 Å². The number of fused-ring (bicyclic) bond motifs is 1. The van der Waals surface area contributed by atoms with E-state index in [-0.39, 0.29) is 18.4 Å². The molecule has 2 aliphatic heterocycles. The van der Waals surface area contributed by atoms with Crippen molar-refractivity contribution >= 4 is 17.6 Å². The molecule has 1 N–H and O–H groups in total. The zero-order chi connectivity index (χ0) is 14.8. The highest BCUT2D eigenvalue weighted by atomic mass is 16.4. The van der Waals surface area contributed by atoms with Crippen LogP contribution in [0.3, 0.4) is 0 Å². The zero-order valence-corrected chi connectivity index (χ0v) is 12.0. The quantitative estimate of drug-likeness (QED) is 0.912. The second kappa shape index (κ2) is 5.76. The van der Waals surface area contributed by atoms with Gasteiger partial charge in [0.1, 0.15) is 0 Å². The molecule has 1 unspecified atom stereocenters. The number of likely N-dealkylation sites (tertiary alicyclic amines) is 1. The summed E-state index contributed by atoms with van der Waals surface area (Å²) in [6, 6.07) is 8.03. The smallest absolute Gasteiger partial charge is 0.305 e. The highest BCUT2D eigenvalue weighted by Crippen LogP contribution is 2.28. The molecular weight excluding hydrogens is 268 g/mol. The van der Waals surface area contributed by atoms with Crippen LogP contribution in [-0.4, -0.2) is 47.6 Å². The van der Waals surface area contributed by atoms with Crippen molar-refractivity contribution in [2.75, 3.05) is 24.5 Å². The van der Waals surface area contributed by atoms with Crippen LogP contribution in [0.25, 0.3) is 0 Å². The second-order valence-corrected chi connectivity index (χ2v) is 5.78. The lowest BCUT2D eigenvalue weighted by molar-refractivity contribution is -0.139. The molecular formula is C16H20N2O3. The van der Waals surface area contributed by atoms with Crippen molar-refractivity contribution in [1.82, 2.24) is 4.90 Å². The van der Waals surface area contributed by atoms with Gasteiger partial charge in [-0.25, -0.2) is 0 Å². The zero-order valence-electron chi connectivity index (χ0n) is 12.0. The minimum absolute atomic E-state index is 0.0513. The Hall–Kier alpha value is -2.04. The summed E-state index contributed by atoms with van der Waals surface area (Å²) in [5.41, 5.74) is 2.42. The van der Waals surface area contributed by atoms with E-state index in [9.17, 15) is 9.59 Å². The summed E-state index contributed by atoms with van der Waals surface area (Å²) in [4.78, 5) is 27.2. The summed E-state index contributed by atoms with van der Waals surface area (Å²) >= 11 is 0. The molecule has 21 heavy (non-hydrogen) atoms. The number of carboxylic acids is 1. The molecule has 1 aromatic carbocycles. The number of carbonyl (C=O) groups excluding carboxylic acids is 1. The number of carboxylic acid groups (broad SMARTS) is 1. The fourth-order valence-corrected chi connectivity index (χ4v) is 3.40. The van der Waals surface area contributed by atoms with E-state index in [1.54, 1.807) is 4.90 Å².